The molecule has 0 aromatic heterocycles. The first kappa shape index (κ1) is 14.2. The van der Waals surface area contributed by atoms with Crippen LogP contribution in [-0.2, 0) is 4.74 Å². The molecule has 0 rings (SSSR count). The Labute approximate surface area is 93.4 Å². The minimum absolute atomic E-state index is 0.552. The molecule has 1 atom stereocenters. The molecule has 0 aliphatic carbocycles. The van der Waals surface area contributed by atoms with E-state index in [9.17, 15) is 0 Å². The maximum Gasteiger partial charge on any atom is 0.0591 e. The van der Waals surface area contributed by atoms with Gasteiger partial charge in [0.1, 0.15) is 0 Å². The lowest BCUT2D eigenvalue weighted by Crippen LogP contribution is -2.29. The Balaban J connectivity index is 3.10. The summed E-state index contributed by atoms with van der Waals surface area (Å²) < 4.78 is 5.46. The molecule has 1 N–H and O–H groups in total. The van der Waals surface area contributed by atoms with Crippen LogP contribution in [0.25, 0.3) is 0 Å². The highest BCUT2D eigenvalue weighted by Crippen LogP contribution is 1.97. The van der Waals surface area contributed by atoms with E-state index in [1.54, 1.807) is 0 Å². The van der Waals surface area contributed by atoms with Crippen molar-refractivity contribution >= 4 is 11.6 Å². The molecule has 0 spiro atoms. The Morgan fingerprint density at radius 3 is 2.57 bits per heavy atom. The summed E-state index contributed by atoms with van der Waals surface area (Å²) in [6, 6.07) is 0.552. The van der Waals surface area contributed by atoms with Crippen LogP contribution >= 0.6 is 11.6 Å². The van der Waals surface area contributed by atoms with Crippen molar-refractivity contribution in [1.29, 1.82) is 0 Å². The van der Waals surface area contributed by atoms with E-state index >= 15 is 0 Å². The van der Waals surface area contributed by atoms with Crippen molar-refractivity contribution in [3.8, 4) is 0 Å². The van der Waals surface area contributed by atoms with E-state index in [4.69, 9.17) is 16.3 Å². The Morgan fingerprint density at radius 1 is 1.29 bits per heavy atom. The molecule has 0 saturated heterocycles. The van der Waals surface area contributed by atoms with Crippen molar-refractivity contribution < 1.29 is 4.74 Å². The van der Waals surface area contributed by atoms with Crippen LogP contribution in [0.15, 0.2) is 0 Å². The third-order valence-corrected chi connectivity index (χ3v) is 2.23. The Bertz CT molecular complexity index is 120. The molecule has 0 aliphatic rings. The number of halogens is 1. The molecule has 0 aliphatic heterocycles. The third kappa shape index (κ3) is 10.3. The van der Waals surface area contributed by atoms with Crippen LogP contribution in [0, 0.1) is 5.92 Å². The summed E-state index contributed by atoms with van der Waals surface area (Å²) in [5.41, 5.74) is 0. The van der Waals surface area contributed by atoms with Gasteiger partial charge in [-0.3, -0.25) is 0 Å². The van der Waals surface area contributed by atoms with Gasteiger partial charge in [0.05, 0.1) is 6.61 Å². The van der Waals surface area contributed by atoms with Crippen LogP contribution in [-0.4, -0.2) is 31.7 Å². The smallest absolute Gasteiger partial charge is 0.0591 e. The molecule has 0 saturated carbocycles. The average molecular weight is 222 g/mol. The van der Waals surface area contributed by atoms with Crippen LogP contribution in [0.4, 0.5) is 0 Å². The molecular weight excluding hydrogens is 198 g/mol. The zero-order valence-corrected chi connectivity index (χ0v) is 10.4. The first-order valence-corrected chi connectivity index (χ1v) is 6.07. The topological polar surface area (TPSA) is 21.3 Å². The lowest BCUT2D eigenvalue weighted by atomic mass is 10.2. The van der Waals surface area contributed by atoms with Gasteiger partial charge in [0.25, 0.3) is 0 Å². The number of ether oxygens (including phenoxy) is 1. The molecule has 0 aromatic carbocycles. The maximum absolute atomic E-state index is 5.61. The van der Waals surface area contributed by atoms with Crippen molar-refractivity contribution in [2.75, 3.05) is 25.6 Å². The van der Waals surface area contributed by atoms with Gasteiger partial charge >= 0.3 is 0 Å². The number of rotatable bonds is 9. The van der Waals surface area contributed by atoms with Crippen molar-refractivity contribution in [2.45, 2.75) is 39.7 Å². The van der Waals surface area contributed by atoms with Crippen LogP contribution in [0.2, 0.25) is 0 Å². The zero-order valence-electron chi connectivity index (χ0n) is 9.68. The van der Waals surface area contributed by atoms with Gasteiger partial charge in [0.2, 0.25) is 0 Å². The van der Waals surface area contributed by atoms with Gasteiger partial charge in [0.15, 0.2) is 0 Å². The van der Waals surface area contributed by atoms with Gasteiger partial charge in [-0.15, -0.1) is 11.6 Å². The molecule has 14 heavy (non-hydrogen) atoms. The SMILES string of the molecule is CC(C)COCCNC(C)CCCCl. The molecule has 0 amide bonds. The fraction of sp³-hybridized carbons (Fsp3) is 1.00. The van der Waals surface area contributed by atoms with Gasteiger partial charge in [-0.1, -0.05) is 13.8 Å². The van der Waals surface area contributed by atoms with Crippen molar-refractivity contribution in [2.24, 2.45) is 5.92 Å². The maximum atomic E-state index is 5.61. The molecule has 3 heteroatoms. The zero-order chi connectivity index (χ0) is 10.8. The first-order valence-electron chi connectivity index (χ1n) is 5.54. The molecular formula is C11H24ClNO. The first-order chi connectivity index (χ1) is 6.66. The molecule has 0 heterocycles. The van der Waals surface area contributed by atoms with E-state index < -0.39 is 0 Å². The van der Waals surface area contributed by atoms with Crippen molar-refractivity contribution in [3.05, 3.63) is 0 Å². The predicted molar refractivity (Wildman–Crippen MR) is 63.1 cm³/mol. The summed E-state index contributed by atoms with van der Waals surface area (Å²) in [7, 11) is 0. The van der Waals surface area contributed by atoms with E-state index in [2.05, 4.69) is 26.1 Å². The van der Waals surface area contributed by atoms with E-state index in [0.717, 1.165) is 38.5 Å². The normalized spacial score (nSPS) is 13.5. The van der Waals surface area contributed by atoms with Crippen molar-refractivity contribution in [1.82, 2.24) is 5.32 Å². The summed E-state index contributed by atoms with van der Waals surface area (Å²) in [4.78, 5) is 0. The van der Waals surface area contributed by atoms with Gasteiger partial charge in [0, 0.05) is 25.1 Å². The Hall–Kier alpha value is 0.210. The number of alkyl halides is 1. The molecule has 0 bridgehead atoms. The fourth-order valence-electron chi connectivity index (χ4n) is 1.18. The molecule has 1 unspecified atom stereocenters. The second-order valence-electron chi connectivity index (χ2n) is 4.16. The standard InChI is InChI=1S/C11H24ClNO/c1-10(2)9-14-8-7-13-11(3)5-4-6-12/h10-11,13H,4-9H2,1-3H3. The summed E-state index contributed by atoms with van der Waals surface area (Å²) in [6.07, 6.45) is 2.23. The molecule has 2 nitrogen and oxygen atoms in total. The quantitative estimate of drug-likeness (QED) is 0.478. The lowest BCUT2D eigenvalue weighted by molar-refractivity contribution is 0.110. The second-order valence-corrected chi connectivity index (χ2v) is 4.53. The molecule has 0 radical (unpaired) electrons. The van der Waals surface area contributed by atoms with E-state index in [1.165, 1.54) is 0 Å². The van der Waals surface area contributed by atoms with Crippen LogP contribution in [0.5, 0.6) is 0 Å². The van der Waals surface area contributed by atoms with Gasteiger partial charge in [-0.2, -0.15) is 0 Å². The summed E-state index contributed by atoms with van der Waals surface area (Å²) in [5.74, 6) is 1.39. The Kier molecular flexibility index (Phi) is 9.90. The monoisotopic (exact) mass is 221 g/mol. The van der Waals surface area contributed by atoms with E-state index in [-0.39, 0.29) is 0 Å². The Morgan fingerprint density at radius 2 is 2.00 bits per heavy atom. The summed E-state index contributed by atoms with van der Waals surface area (Å²) >= 11 is 5.61. The van der Waals surface area contributed by atoms with Gasteiger partial charge in [-0.25, -0.2) is 0 Å². The summed E-state index contributed by atoms with van der Waals surface area (Å²) in [6.45, 7) is 9.12. The predicted octanol–water partition coefficient (Wildman–Crippen LogP) is 2.66. The number of hydrogen-bond acceptors (Lipinski definition) is 2. The largest absolute Gasteiger partial charge is 0.380 e. The minimum atomic E-state index is 0.552. The third-order valence-electron chi connectivity index (χ3n) is 1.96. The van der Waals surface area contributed by atoms with Crippen LogP contribution < -0.4 is 5.32 Å². The van der Waals surface area contributed by atoms with Crippen LogP contribution in [0.3, 0.4) is 0 Å². The molecule has 0 fully saturated rings. The van der Waals surface area contributed by atoms with E-state index in [0.29, 0.717) is 12.0 Å². The molecule has 0 aromatic rings. The lowest BCUT2D eigenvalue weighted by Gasteiger charge is -2.13. The van der Waals surface area contributed by atoms with Gasteiger partial charge < -0.3 is 10.1 Å². The fourth-order valence-corrected chi connectivity index (χ4v) is 1.34. The highest BCUT2D eigenvalue weighted by Gasteiger charge is 1.99. The number of hydrogen-bond donors (Lipinski definition) is 1. The van der Waals surface area contributed by atoms with Crippen molar-refractivity contribution in [3.63, 3.8) is 0 Å². The van der Waals surface area contributed by atoms with E-state index in [1.807, 2.05) is 0 Å². The minimum Gasteiger partial charge on any atom is -0.380 e. The summed E-state index contributed by atoms with van der Waals surface area (Å²) in [5, 5.41) is 3.41. The van der Waals surface area contributed by atoms with Gasteiger partial charge in [-0.05, 0) is 25.7 Å². The number of nitrogens with one attached hydrogen (secondary N) is 1. The highest BCUT2D eigenvalue weighted by atomic mass is 35.5. The second kappa shape index (κ2) is 9.75. The molecule has 86 valence electrons. The average Bonchev–Trinajstić information content (AvgIpc) is 2.13. The van der Waals surface area contributed by atoms with Crippen LogP contribution in [0.1, 0.15) is 33.6 Å². The highest BCUT2D eigenvalue weighted by molar-refractivity contribution is 6.17.